The van der Waals surface area contributed by atoms with E-state index in [9.17, 15) is 5.11 Å². The fourth-order valence-corrected chi connectivity index (χ4v) is 3.79. The lowest BCUT2D eigenvalue weighted by Crippen LogP contribution is -2.48. The quantitative estimate of drug-likeness (QED) is 0.828. The standard InChI is InChI=1S/C16H30N2O3/c19-15-3-9-18(10-4-15)14-1-6-17(7-2-14)8-5-16-13-20-11-12-21-16/h14-16,19H,1-13H2. The van der Waals surface area contributed by atoms with E-state index in [2.05, 4.69) is 9.80 Å². The molecule has 3 fully saturated rings. The third-order valence-corrected chi connectivity index (χ3v) is 5.22. The minimum atomic E-state index is -0.0564. The van der Waals surface area contributed by atoms with Gasteiger partial charge in [0.25, 0.3) is 0 Å². The summed E-state index contributed by atoms with van der Waals surface area (Å²) in [7, 11) is 0. The Morgan fingerprint density at radius 2 is 1.71 bits per heavy atom. The van der Waals surface area contributed by atoms with Crippen LogP contribution >= 0.6 is 0 Å². The van der Waals surface area contributed by atoms with Crippen LogP contribution in [0, 0.1) is 0 Å². The molecule has 0 aromatic rings. The van der Waals surface area contributed by atoms with E-state index in [0.717, 1.165) is 64.8 Å². The van der Waals surface area contributed by atoms with E-state index in [-0.39, 0.29) is 6.10 Å². The molecule has 0 aliphatic carbocycles. The molecule has 0 bridgehead atoms. The molecule has 3 saturated heterocycles. The van der Waals surface area contributed by atoms with Crippen LogP contribution in [-0.2, 0) is 9.47 Å². The van der Waals surface area contributed by atoms with Gasteiger partial charge in [0.1, 0.15) is 0 Å². The van der Waals surface area contributed by atoms with Crippen LogP contribution in [0.3, 0.4) is 0 Å². The summed E-state index contributed by atoms with van der Waals surface area (Å²) in [6, 6.07) is 0.739. The number of ether oxygens (including phenoxy) is 2. The van der Waals surface area contributed by atoms with Crippen molar-refractivity contribution in [2.24, 2.45) is 0 Å². The van der Waals surface area contributed by atoms with E-state index in [0.29, 0.717) is 6.10 Å². The number of hydrogen-bond acceptors (Lipinski definition) is 5. The van der Waals surface area contributed by atoms with Crippen LogP contribution in [0.4, 0.5) is 0 Å². The lowest BCUT2D eigenvalue weighted by atomic mass is 9.99. The predicted molar refractivity (Wildman–Crippen MR) is 81.5 cm³/mol. The molecule has 3 aliphatic heterocycles. The van der Waals surface area contributed by atoms with Gasteiger partial charge < -0.3 is 24.4 Å². The van der Waals surface area contributed by atoms with Gasteiger partial charge in [0, 0.05) is 25.7 Å². The van der Waals surface area contributed by atoms with Gasteiger partial charge in [-0.2, -0.15) is 0 Å². The minimum Gasteiger partial charge on any atom is -0.393 e. The van der Waals surface area contributed by atoms with Crippen LogP contribution in [0.25, 0.3) is 0 Å². The highest BCUT2D eigenvalue weighted by molar-refractivity contribution is 4.83. The van der Waals surface area contributed by atoms with Gasteiger partial charge in [-0.1, -0.05) is 0 Å². The van der Waals surface area contributed by atoms with Crippen molar-refractivity contribution in [3.05, 3.63) is 0 Å². The summed E-state index contributed by atoms with van der Waals surface area (Å²) < 4.78 is 11.2. The lowest BCUT2D eigenvalue weighted by Gasteiger charge is -2.41. The molecule has 1 N–H and O–H groups in total. The van der Waals surface area contributed by atoms with Gasteiger partial charge in [0.05, 0.1) is 32.0 Å². The minimum absolute atomic E-state index is 0.0564. The van der Waals surface area contributed by atoms with Gasteiger partial charge in [-0.3, -0.25) is 0 Å². The number of piperidine rings is 2. The number of aliphatic hydroxyl groups is 1. The maximum Gasteiger partial charge on any atom is 0.0821 e. The zero-order valence-corrected chi connectivity index (χ0v) is 13.1. The average molecular weight is 298 g/mol. The Labute approximate surface area is 128 Å². The van der Waals surface area contributed by atoms with Gasteiger partial charge >= 0.3 is 0 Å². The second-order valence-corrected chi connectivity index (χ2v) is 6.70. The summed E-state index contributed by atoms with van der Waals surface area (Å²) >= 11 is 0. The zero-order valence-electron chi connectivity index (χ0n) is 13.1. The van der Waals surface area contributed by atoms with Gasteiger partial charge in [-0.05, 0) is 45.2 Å². The lowest BCUT2D eigenvalue weighted by molar-refractivity contribution is -0.0933. The van der Waals surface area contributed by atoms with Crippen molar-refractivity contribution in [1.29, 1.82) is 0 Å². The van der Waals surface area contributed by atoms with Crippen LogP contribution < -0.4 is 0 Å². The summed E-state index contributed by atoms with van der Waals surface area (Å²) in [5, 5.41) is 9.60. The maximum atomic E-state index is 9.60. The van der Waals surface area contributed by atoms with Crippen molar-refractivity contribution in [2.75, 3.05) is 52.5 Å². The SMILES string of the molecule is OC1CCN(C2CCN(CCC3COCCO3)CC2)CC1. The Morgan fingerprint density at radius 3 is 2.38 bits per heavy atom. The van der Waals surface area contributed by atoms with Crippen molar-refractivity contribution in [3.63, 3.8) is 0 Å². The van der Waals surface area contributed by atoms with E-state index in [4.69, 9.17) is 9.47 Å². The Kier molecular flexibility index (Phi) is 5.89. The fourth-order valence-electron chi connectivity index (χ4n) is 3.79. The first-order valence-electron chi connectivity index (χ1n) is 8.65. The van der Waals surface area contributed by atoms with Crippen LogP contribution in [0.2, 0.25) is 0 Å². The molecular weight excluding hydrogens is 268 g/mol. The number of nitrogens with zero attached hydrogens (tertiary/aromatic N) is 2. The first-order valence-corrected chi connectivity index (χ1v) is 8.65. The van der Waals surface area contributed by atoms with Crippen LogP contribution in [0.1, 0.15) is 32.1 Å². The van der Waals surface area contributed by atoms with E-state index in [1.165, 1.54) is 25.9 Å². The van der Waals surface area contributed by atoms with Gasteiger partial charge in [-0.25, -0.2) is 0 Å². The van der Waals surface area contributed by atoms with Crippen molar-refractivity contribution in [3.8, 4) is 0 Å². The number of aliphatic hydroxyl groups excluding tert-OH is 1. The molecule has 3 rings (SSSR count). The number of hydrogen-bond donors (Lipinski definition) is 1. The fraction of sp³-hybridized carbons (Fsp3) is 1.00. The molecule has 3 aliphatic rings. The summed E-state index contributed by atoms with van der Waals surface area (Å²) in [5.74, 6) is 0. The Morgan fingerprint density at radius 1 is 0.952 bits per heavy atom. The number of likely N-dealkylation sites (tertiary alicyclic amines) is 2. The summed E-state index contributed by atoms with van der Waals surface area (Å²) in [6.07, 6.45) is 5.81. The number of rotatable bonds is 4. The van der Waals surface area contributed by atoms with Crippen LogP contribution in [0.15, 0.2) is 0 Å². The molecule has 1 unspecified atom stereocenters. The van der Waals surface area contributed by atoms with Gasteiger partial charge in [0.15, 0.2) is 0 Å². The third kappa shape index (κ3) is 4.63. The summed E-state index contributed by atoms with van der Waals surface area (Å²) in [5.41, 5.74) is 0. The summed E-state index contributed by atoms with van der Waals surface area (Å²) in [6.45, 7) is 8.00. The third-order valence-electron chi connectivity index (χ3n) is 5.22. The highest BCUT2D eigenvalue weighted by atomic mass is 16.6. The molecule has 0 spiro atoms. The maximum absolute atomic E-state index is 9.60. The zero-order chi connectivity index (χ0) is 14.5. The molecule has 0 radical (unpaired) electrons. The second kappa shape index (κ2) is 7.88. The monoisotopic (exact) mass is 298 g/mol. The van der Waals surface area contributed by atoms with E-state index in [1.54, 1.807) is 0 Å². The smallest absolute Gasteiger partial charge is 0.0821 e. The average Bonchev–Trinajstić information content (AvgIpc) is 2.55. The van der Waals surface area contributed by atoms with Crippen LogP contribution in [-0.4, -0.2) is 85.7 Å². The molecule has 5 nitrogen and oxygen atoms in total. The molecule has 0 aromatic carbocycles. The first-order chi connectivity index (χ1) is 10.3. The molecule has 122 valence electrons. The van der Waals surface area contributed by atoms with Crippen molar-refractivity contribution >= 4 is 0 Å². The first kappa shape index (κ1) is 15.7. The largest absolute Gasteiger partial charge is 0.393 e. The van der Waals surface area contributed by atoms with Crippen LogP contribution in [0.5, 0.6) is 0 Å². The molecule has 1 atom stereocenters. The Balaban J connectivity index is 1.33. The van der Waals surface area contributed by atoms with Crippen molar-refractivity contribution < 1.29 is 14.6 Å². The molecule has 3 heterocycles. The second-order valence-electron chi connectivity index (χ2n) is 6.70. The highest BCUT2D eigenvalue weighted by Crippen LogP contribution is 2.21. The molecule has 0 aromatic heterocycles. The van der Waals surface area contributed by atoms with Crippen molar-refractivity contribution in [1.82, 2.24) is 9.80 Å². The van der Waals surface area contributed by atoms with Gasteiger partial charge in [-0.15, -0.1) is 0 Å². The normalized spacial score (nSPS) is 31.6. The van der Waals surface area contributed by atoms with E-state index < -0.39 is 0 Å². The molecule has 0 saturated carbocycles. The van der Waals surface area contributed by atoms with Gasteiger partial charge in [0.2, 0.25) is 0 Å². The van der Waals surface area contributed by atoms with E-state index >= 15 is 0 Å². The topological polar surface area (TPSA) is 45.2 Å². The molecule has 21 heavy (non-hydrogen) atoms. The Hall–Kier alpha value is -0.200. The molecular formula is C16H30N2O3. The predicted octanol–water partition coefficient (Wildman–Crippen LogP) is 0.713. The van der Waals surface area contributed by atoms with E-state index in [1.807, 2.05) is 0 Å². The molecule has 0 amide bonds. The highest BCUT2D eigenvalue weighted by Gasteiger charge is 2.27. The summed E-state index contributed by atoms with van der Waals surface area (Å²) in [4.78, 5) is 5.18. The molecule has 5 heteroatoms. The Bertz CT molecular complexity index is 294. The van der Waals surface area contributed by atoms with Crippen molar-refractivity contribution in [2.45, 2.75) is 50.4 Å².